The van der Waals surface area contributed by atoms with Crippen molar-refractivity contribution in [2.45, 2.75) is 11.3 Å². The van der Waals surface area contributed by atoms with E-state index in [1.54, 1.807) is 11.8 Å². The minimum absolute atomic E-state index is 0.184. The summed E-state index contributed by atoms with van der Waals surface area (Å²) in [6.45, 7) is 2.05. The minimum atomic E-state index is -3.05. The molecule has 1 fully saturated rings. The topological polar surface area (TPSA) is 63.4 Å². The van der Waals surface area contributed by atoms with Crippen molar-refractivity contribution in [1.29, 1.82) is 0 Å². The zero-order valence-electron chi connectivity index (χ0n) is 11.7. The summed E-state index contributed by atoms with van der Waals surface area (Å²) in [4.78, 5) is 2.08. The number of nitrogens with zero attached hydrogens (tertiary/aromatic N) is 1. The number of sulfone groups is 1. The second kappa shape index (κ2) is 6.93. The molecule has 0 spiro atoms. The van der Waals surface area contributed by atoms with Crippen LogP contribution in [0.3, 0.4) is 0 Å². The van der Waals surface area contributed by atoms with Gasteiger partial charge >= 0.3 is 0 Å². The van der Waals surface area contributed by atoms with Gasteiger partial charge in [-0.1, -0.05) is 30.3 Å². The van der Waals surface area contributed by atoms with E-state index in [2.05, 4.69) is 17.0 Å². The first-order chi connectivity index (χ1) is 9.52. The Labute approximate surface area is 125 Å². The van der Waals surface area contributed by atoms with Gasteiger partial charge in [-0.2, -0.15) is 11.8 Å². The Morgan fingerprint density at radius 2 is 2.10 bits per heavy atom. The number of nitrogens with two attached hydrogens (primary N) is 1. The molecule has 0 aromatic heterocycles. The van der Waals surface area contributed by atoms with E-state index in [1.165, 1.54) is 11.8 Å². The Balaban J connectivity index is 2.13. The smallest absolute Gasteiger partial charge is 0.164 e. The van der Waals surface area contributed by atoms with Crippen molar-refractivity contribution in [3.8, 4) is 0 Å². The molecule has 2 unspecified atom stereocenters. The molecule has 112 valence electrons. The lowest BCUT2D eigenvalue weighted by atomic mass is 9.98. The van der Waals surface area contributed by atoms with Crippen LogP contribution >= 0.6 is 11.8 Å². The lowest BCUT2D eigenvalue weighted by Gasteiger charge is -2.36. The normalized spacial score (nSPS) is 22.6. The molecule has 1 aromatic carbocycles. The van der Waals surface area contributed by atoms with Crippen LogP contribution in [0.25, 0.3) is 0 Å². The third kappa shape index (κ3) is 3.97. The SMILES string of the molecule is CS(=O)(=O)C1CSCCN1CC(CN)c1ccccc1. The summed E-state index contributed by atoms with van der Waals surface area (Å²) in [5.41, 5.74) is 7.08. The van der Waals surface area contributed by atoms with Gasteiger partial charge in [0, 0.05) is 43.3 Å². The van der Waals surface area contributed by atoms with Crippen LogP contribution in [0.4, 0.5) is 0 Å². The van der Waals surface area contributed by atoms with Crippen LogP contribution in [0.5, 0.6) is 0 Å². The molecule has 0 saturated carbocycles. The van der Waals surface area contributed by atoms with Crippen molar-refractivity contribution in [1.82, 2.24) is 4.90 Å². The summed E-state index contributed by atoms with van der Waals surface area (Å²) < 4.78 is 23.8. The minimum Gasteiger partial charge on any atom is -0.330 e. The first kappa shape index (κ1) is 15.8. The van der Waals surface area contributed by atoms with Gasteiger partial charge in [0.1, 0.15) is 5.37 Å². The van der Waals surface area contributed by atoms with Gasteiger partial charge in [-0.15, -0.1) is 0 Å². The Hall–Kier alpha value is -0.560. The summed E-state index contributed by atoms with van der Waals surface area (Å²) in [6, 6.07) is 10.1. The van der Waals surface area contributed by atoms with Gasteiger partial charge in [0.15, 0.2) is 9.84 Å². The van der Waals surface area contributed by atoms with Crippen LogP contribution in [0.15, 0.2) is 30.3 Å². The van der Waals surface area contributed by atoms with E-state index in [0.29, 0.717) is 18.8 Å². The summed E-state index contributed by atoms with van der Waals surface area (Å²) in [5.74, 6) is 1.83. The van der Waals surface area contributed by atoms with E-state index in [4.69, 9.17) is 5.73 Å². The van der Waals surface area contributed by atoms with E-state index in [0.717, 1.165) is 12.3 Å². The molecule has 0 amide bonds. The lowest BCUT2D eigenvalue weighted by Crippen LogP contribution is -2.48. The molecule has 6 heteroatoms. The number of rotatable bonds is 5. The average molecular weight is 314 g/mol. The molecule has 0 bridgehead atoms. The number of hydrogen-bond acceptors (Lipinski definition) is 5. The molecule has 1 aromatic rings. The molecule has 1 aliphatic rings. The summed E-state index contributed by atoms with van der Waals surface area (Å²) in [6.07, 6.45) is 1.33. The zero-order valence-corrected chi connectivity index (χ0v) is 13.4. The highest BCUT2D eigenvalue weighted by Gasteiger charge is 2.32. The van der Waals surface area contributed by atoms with Gasteiger partial charge in [-0.3, -0.25) is 4.90 Å². The Bertz CT molecular complexity index is 519. The van der Waals surface area contributed by atoms with E-state index < -0.39 is 9.84 Å². The van der Waals surface area contributed by atoms with E-state index in [9.17, 15) is 8.42 Å². The van der Waals surface area contributed by atoms with Gasteiger partial charge in [-0.05, 0) is 5.56 Å². The lowest BCUT2D eigenvalue weighted by molar-refractivity contribution is 0.254. The third-order valence-electron chi connectivity index (χ3n) is 3.70. The van der Waals surface area contributed by atoms with Crippen molar-refractivity contribution < 1.29 is 8.42 Å². The maximum Gasteiger partial charge on any atom is 0.164 e. The number of hydrogen-bond donors (Lipinski definition) is 1. The second-order valence-electron chi connectivity index (χ2n) is 5.20. The second-order valence-corrected chi connectivity index (χ2v) is 8.55. The van der Waals surface area contributed by atoms with Crippen LogP contribution in [0.2, 0.25) is 0 Å². The fraction of sp³-hybridized carbons (Fsp3) is 0.571. The van der Waals surface area contributed by atoms with Crippen LogP contribution in [0.1, 0.15) is 11.5 Å². The van der Waals surface area contributed by atoms with E-state index in [-0.39, 0.29) is 11.3 Å². The quantitative estimate of drug-likeness (QED) is 0.883. The van der Waals surface area contributed by atoms with Gasteiger partial charge in [0.2, 0.25) is 0 Å². The molecule has 2 rings (SSSR count). The zero-order chi connectivity index (χ0) is 14.6. The standard InChI is InChI=1S/C14H22N2O2S2/c1-20(17,18)14-11-19-8-7-16(14)10-13(9-15)12-5-3-2-4-6-12/h2-6,13-14H,7-11,15H2,1H3. The van der Waals surface area contributed by atoms with Crippen LogP contribution in [-0.2, 0) is 9.84 Å². The summed E-state index contributed by atoms with van der Waals surface area (Å²) >= 11 is 1.71. The highest BCUT2D eigenvalue weighted by atomic mass is 32.2. The first-order valence-electron chi connectivity index (χ1n) is 6.78. The molecule has 1 saturated heterocycles. The largest absolute Gasteiger partial charge is 0.330 e. The van der Waals surface area contributed by atoms with Crippen LogP contribution in [0, 0.1) is 0 Å². The van der Waals surface area contributed by atoms with Crippen LogP contribution in [-0.4, -0.2) is 56.1 Å². The maximum absolute atomic E-state index is 11.9. The van der Waals surface area contributed by atoms with Gasteiger partial charge in [0.25, 0.3) is 0 Å². The molecule has 0 radical (unpaired) electrons. The van der Waals surface area contributed by atoms with Gasteiger partial charge < -0.3 is 5.73 Å². The van der Waals surface area contributed by atoms with Crippen molar-refractivity contribution in [3.63, 3.8) is 0 Å². The van der Waals surface area contributed by atoms with Gasteiger partial charge in [0.05, 0.1) is 0 Å². The maximum atomic E-state index is 11.9. The van der Waals surface area contributed by atoms with E-state index >= 15 is 0 Å². The number of benzene rings is 1. The fourth-order valence-corrected chi connectivity index (χ4v) is 5.50. The highest BCUT2D eigenvalue weighted by molar-refractivity contribution is 8.00. The molecular weight excluding hydrogens is 292 g/mol. The Kier molecular flexibility index (Phi) is 5.49. The number of thioether (sulfide) groups is 1. The molecular formula is C14H22N2O2S2. The molecule has 4 nitrogen and oxygen atoms in total. The van der Waals surface area contributed by atoms with E-state index in [1.807, 2.05) is 18.2 Å². The molecule has 1 heterocycles. The van der Waals surface area contributed by atoms with Crippen molar-refractivity contribution in [2.24, 2.45) is 5.73 Å². The van der Waals surface area contributed by atoms with Crippen molar-refractivity contribution in [3.05, 3.63) is 35.9 Å². The predicted molar refractivity (Wildman–Crippen MR) is 85.8 cm³/mol. The average Bonchev–Trinajstić information content (AvgIpc) is 2.45. The molecule has 20 heavy (non-hydrogen) atoms. The molecule has 2 atom stereocenters. The summed E-state index contributed by atoms with van der Waals surface area (Å²) in [7, 11) is -3.05. The molecule has 1 aliphatic heterocycles. The monoisotopic (exact) mass is 314 g/mol. The van der Waals surface area contributed by atoms with Crippen molar-refractivity contribution >= 4 is 21.6 Å². The summed E-state index contributed by atoms with van der Waals surface area (Å²) in [5, 5.41) is -0.376. The Morgan fingerprint density at radius 3 is 2.70 bits per heavy atom. The van der Waals surface area contributed by atoms with Gasteiger partial charge in [-0.25, -0.2) is 8.42 Å². The third-order valence-corrected chi connectivity index (χ3v) is 6.38. The Morgan fingerprint density at radius 1 is 1.40 bits per heavy atom. The first-order valence-corrected chi connectivity index (χ1v) is 9.89. The fourth-order valence-electron chi connectivity index (χ4n) is 2.54. The predicted octanol–water partition coefficient (Wildman–Crippen LogP) is 1.15. The van der Waals surface area contributed by atoms with Crippen molar-refractivity contribution in [2.75, 3.05) is 37.4 Å². The molecule has 0 aliphatic carbocycles. The highest BCUT2D eigenvalue weighted by Crippen LogP contribution is 2.24. The molecule has 2 N–H and O–H groups in total. The van der Waals surface area contributed by atoms with Crippen LogP contribution < -0.4 is 5.73 Å².